The Morgan fingerprint density at radius 2 is 2.10 bits per heavy atom. The molecule has 1 aromatic heterocycles. The van der Waals surface area contributed by atoms with Crippen LogP contribution >= 0.6 is 0 Å². The molecule has 2 aromatic rings. The summed E-state index contributed by atoms with van der Waals surface area (Å²) in [6.07, 6.45) is 3.24. The fourth-order valence-corrected chi connectivity index (χ4v) is 2.95. The number of aromatic nitrogens is 1. The van der Waals surface area contributed by atoms with E-state index in [4.69, 9.17) is 4.98 Å². The normalized spacial score (nSPS) is 12.8. The molecule has 1 aromatic carbocycles. The van der Waals surface area contributed by atoms with E-state index in [0.29, 0.717) is 5.56 Å². The highest BCUT2D eigenvalue weighted by molar-refractivity contribution is 5.56. The number of pyridine rings is 1. The van der Waals surface area contributed by atoms with Crippen LogP contribution < -0.4 is 4.90 Å². The molecule has 0 radical (unpaired) electrons. The molecule has 0 N–H and O–H groups in total. The molecule has 0 amide bonds. The minimum Gasteiger partial charge on any atom is -0.354 e. The van der Waals surface area contributed by atoms with E-state index < -0.39 is 0 Å². The maximum Gasteiger partial charge on any atom is 0.146 e. The Balaban J connectivity index is 1.93. The minimum absolute atomic E-state index is 0.687. The van der Waals surface area contributed by atoms with Crippen molar-refractivity contribution in [3.05, 3.63) is 58.3 Å². The summed E-state index contributed by atoms with van der Waals surface area (Å²) in [5.74, 6) is 0.807. The summed E-state index contributed by atoms with van der Waals surface area (Å²) in [4.78, 5) is 6.84. The summed E-state index contributed by atoms with van der Waals surface area (Å²) < 4.78 is 0. The first kappa shape index (κ1) is 13.6. The zero-order valence-corrected chi connectivity index (χ0v) is 12.6. The van der Waals surface area contributed by atoms with Crippen molar-refractivity contribution in [3.8, 4) is 6.07 Å². The number of fused-ring (bicyclic) bond motifs is 1. The lowest BCUT2D eigenvalue weighted by atomic mass is 10.1. The summed E-state index contributed by atoms with van der Waals surface area (Å²) in [7, 11) is 2.01. The number of rotatable bonds is 3. The van der Waals surface area contributed by atoms with Crippen LogP contribution in [0, 0.1) is 18.3 Å². The molecule has 21 heavy (non-hydrogen) atoms. The second-order valence-corrected chi connectivity index (χ2v) is 5.71. The van der Waals surface area contributed by atoms with Crippen LogP contribution in [0.5, 0.6) is 0 Å². The molecule has 1 aliphatic carbocycles. The first-order valence-electron chi connectivity index (χ1n) is 7.37. The maximum absolute atomic E-state index is 9.40. The van der Waals surface area contributed by atoms with Gasteiger partial charge in [-0.05, 0) is 48.9 Å². The first-order valence-corrected chi connectivity index (χ1v) is 7.37. The van der Waals surface area contributed by atoms with Crippen molar-refractivity contribution in [3.63, 3.8) is 0 Å². The Labute approximate surface area is 125 Å². The van der Waals surface area contributed by atoms with Gasteiger partial charge < -0.3 is 4.90 Å². The number of benzene rings is 1. The van der Waals surface area contributed by atoms with Gasteiger partial charge in [-0.2, -0.15) is 5.26 Å². The largest absolute Gasteiger partial charge is 0.354 e. The quantitative estimate of drug-likeness (QED) is 0.863. The molecular formula is C18H19N3. The van der Waals surface area contributed by atoms with Gasteiger partial charge in [-0.25, -0.2) is 4.98 Å². The van der Waals surface area contributed by atoms with Gasteiger partial charge in [0.15, 0.2) is 0 Å². The predicted octanol–water partition coefficient (Wildman–Crippen LogP) is 3.39. The molecule has 0 spiro atoms. The average molecular weight is 277 g/mol. The van der Waals surface area contributed by atoms with E-state index in [-0.39, 0.29) is 0 Å². The molecule has 0 atom stereocenters. The second-order valence-electron chi connectivity index (χ2n) is 5.71. The molecule has 3 nitrogen and oxygen atoms in total. The topological polar surface area (TPSA) is 39.9 Å². The third kappa shape index (κ3) is 2.62. The van der Waals surface area contributed by atoms with Gasteiger partial charge >= 0.3 is 0 Å². The van der Waals surface area contributed by atoms with E-state index in [9.17, 15) is 5.26 Å². The van der Waals surface area contributed by atoms with Gasteiger partial charge in [0, 0.05) is 19.3 Å². The van der Waals surface area contributed by atoms with Crippen molar-refractivity contribution < 1.29 is 0 Å². The summed E-state index contributed by atoms with van der Waals surface area (Å²) >= 11 is 0. The van der Waals surface area contributed by atoms with Crippen molar-refractivity contribution in [1.82, 2.24) is 4.98 Å². The highest BCUT2D eigenvalue weighted by atomic mass is 15.2. The molecule has 106 valence electrons. The van der Waals surface area contributed by atoms with Gasteiger partial charge in [0.25, 0.3) is 0 Å². The standard InChI is InChI=1S/C18H19N3/c1-13-6-3-4-7-15(13)12-21(2)18-16(11-19)10-14-8-5-9-17(14)20-18/h3-4,6-7,10H,5,8-9,12H2,1-2H3. The average Bonchev–Trinajstić information content (AvgIpc) is 2.95. The van der Waals surface area contributed by atoms with Crippen molar-refractivity contribution >= 4 is 5.82 Å². The number of aryl methyl sites for hydroxylation is 3. The van der Waals surface area contributed by atoms with Crippen LogP contribution in [-0.2, 0) is 19.4 Å². The number of hydrogen-bond acceptors (Lipinski definition) is 3. The van der Waals surface area contributed by atoms with Gasteiger partial charge in [0.05, 0.1) is 5.56 Å². The van der Waals surface area contributed by atoms with Crippen molar-refractivity contribution in [2.75, 3.05) is 11.9 Å². The van der Waals surface area contributed by atoms with E-state index in [1.54, 1.807) is 0 Å². The number of hydrogen-bond donors (Lipinski definition) is 0. The summed E-state index contributed by atoms with van der Waals surface area (Å²) in [5, 5.41) is 9.40. The lowest BCUT2D eigenvalue weighted by Crippen LogP contribution is -2.20. The highest BCUT2D eigenvalue weighted by Gasteiger charge is 2.18. The van der Waals surface area contributed by atoms with Crippen molar-refractivity contribution in [2.45, 2.75) is 32.7 Å². The number of nitriles is 1. The van der Waals surface area contributed by atoms with Crippen LogP contribution in [0.1, 0.15) is 34.4 Å². The molecule has 0 fully saturated rings. The Morgan fingerprint density at radius 3 is 2.86 bits per heavy atom. The van der Waals surface area contributed by atoms with Crippen molar-refractivity contribution in [1.29, 1.82) is 5.26 Å². The molecule has 3 heteroatoms. The third-order valence-corrected chi connectivity index (χ3v) is 4.18. The fraction of sp³-hybridized carbons (Fsp3) is 0.333. The Hall–Kier alpha value is -2.34. The SMILES string of the molecule is Cc1ccccc1CN(C)c1nc2c(cc1C#N)CCC2. The van der Waals surface area contributed by atoms with E-state index >= 15 is 0 Å². The molecule has 0 bridgehead atoms. The summed E-state index contributed by atoms with van der Waals surface area (Å²) in [6, 6.07) is 12.7. The van der Waals surface area contributed by atoms with Gasteiger partial charge in [-0.1, -0.05) is 24.3 Å². The lowest BCUT2D eigenvalue weighted by molar-refractivity contribution is 0.868. The molecule has 3 rings (SSSR count). The zero-order valence-electron chi connectivity index (χ0n) is 12.6. The molecule has 0 saturated heterocycles. The fourth-order valence-electron chi connectivity index (χ4n) is 2.95. The van der Waals surface area contributed by atoms with Gasteiger partial charge in [-0.15, -0.1) is 0 Å². The van der Waals surface area contributed by atoms with Crippen LogP contribution in [0.2, 0.25) is 0 Å². The van der Waals surface area contributed by atoms with Crippen LogP contribution in [0.25, 0.3) is 0 Å². The Bertz CT molecular complexity index is 713. The van der Waals surface area contributed by atoms with Crippen LogP contribution in [0.3, 0.4) is 0 Å². The number of anilines is 1. The lowest BCUT2D eigenvalue weighted by Gasteiger charge is -2.21. The van der Waals surface area contributed by atoms with Gasteiger partial charge in [-0.3, -0.25) is 0 Å². The molecular weight excluding hydrogens is 258 g/mol. The summed E-state index contributed by atoms with van der Waals surface area (Å²) in [6.45, 7) is 2.89. The smallest absolute Gasteiger partial charge is 0.146 e. The highest BCUT2D eigenvalue weighted by Crippen LogP contribution is 2.27. The van der Waals surface area contributed by atoms with E-state index in [0.717, 1.165) is 31.6 Å². The molecule has 1 aliphatic rings. The van der Waals surface area contributed by atoms with Crippen molar-refractivity contribution in [2.24, 2.45) is 0 Å². The minimum atomic E-state index is 0.687. The first-order chi connectivity index (χ1) is 10.2. The molecule has 0 unspecified atom stereocenters. The monoisotopic (exact) mass is 277 g/mol. The van der Waals surface area contributed by atoms with Crippen LogP contribution in [0.15, 0.2) is 30.3 Å². The van der Waals surface area contributed by atoms with Gasteiger partial charge in [0.2, 0.25) is 0 Å². The third-order valence-electron chi connectivity index (χ3n) is 4.18. The maximum atomic E-state index is 9.40. The summed E-state index contributed by atoms with van der Waals surface area (Å²) in [5.41, 5.74) is 5.64. The van der Waals surface area contributed by atoms with Crippen LogP contribution in [-0.4, -0.2) is 12.0 Å². The van der Waals surface area contributed by atoms with Gasteiger partial charge in [0.1, 0.15) is 11.9 Å². The second kappa shape index (κ2) is 5.57. The molecule has 1 heterocycles. The zero-order chi connectivity index (χ0) is 14.8. The van der Waals surface area contributed by atoms with E-state index in [2.05, 4.69) is 36.1 Å². The Kier molecular flexibility index (Phi) is 3.62. The predicted molar refractivity (Wildman–Crippen MR) is 84.3 cm³/mol. The molecule has 0 aliphatic heterocycles. The Morgan fingerprint density at radius 1 is 1.29 bits per heavy atom. The molecule has 0 saturated carbocycles. The number of nitrogens with zero attached hydrogens (tertiary/aromatic N) is 3. The van der Waals surface area contributed by atoms with E-state index in [1.165, 1.54) is 22.4 Å². The van der Waals surface area contributed by atoms with E-state index in [1.807, 2.05) is 19.2 Å². The van der Waals surface area contributed by atoms with Crippen LogP contribution in [0.4, 0.5) is 5.82 Å².